The van der Waals surface area contributed by atoms with Gasteiger partial charge in [-0.2, -0.15) is 0 Å². The van der Waals surface area contributed by atoms with Crippen molar-refractivity contribution in [2.75, 3.05) is 0 Å². The van der Waals surface area contributed by atoms with Crippen LogP contribution in [0.15, 0.2) is 39.3 Å². The van der Waals surface area contributed by atoms with E-state index < -0.39 is 0 Å². The molecule has 0 saturated carbocycles. The number of aldehydes is 1. The van der Waals surface area contributed by atoms with Gasteiger partial charge in [0.15, 0.2) is 0 Å². The summed E-state index contributed by atoms with van der Waals surface area (Å²) in [7, 11) is 0. The summed E-state index contributed by atoms with van der Waals surface area (Å²) in [5.41, 5.74) is 0.555. The number of hydrogen-bond donors (Lipinski definition) is 0. The van der Waals surface area contributed by atoms with E-state index in [1.54, 1.807) is 30.3 Å². The Morgan fingerprint density at radius 1 is 0.947 bits per heavy atom. The molecule has 19 heavy (non-hydrogen) atoms. The normalized spacial score (nSPS) is 10.3. The van der Waals surface area contributed by atoms with Crippen molar-refractivity contribution in [2.45, 2.75) is 0 Å². The zero-order valence-electron chi connectivity index (χ0n) is 9.29. The zero-order chi connectivity index (χ0) is 14.0. The van der Waals surface area contributed by atoms with E-state index in [4.69, 9.17) is 27.9 Å². The summed E-state index contributed by atoms with van der Waals surface area (Å²) >= 11 is 18.7. The largest absolute Gasteiger partial charge is 0.455 e. The van der Waals surface area contributed by atoms with Crippen LogP contribution in [0, 0.1) is 0 Å². The average molecular weight is 425 g/mol. The van der Waals surface area contributed by atoms with Crippen LogP contribution in [0.2, 0.25) is 10.0 Å². The summed E-state index contributed by atoms with van der Waals surface area (Å²) in [6, 6.07) is 8.28. The zero-order valence-corrected chi connectivity index (χ0v) is 14.0. The third-order valence-corrected chi connectivity index (χ3v) is 4.40. The van der Waals surface area contributed by atoms with E-state index in [0.717, 1.165) is 6.29 Å². The van der Waals surface area contributed by atoms with Crippen molar-refractivity contribution in [3.63, 3.8) is 0 Å². The van der Waals surface area contributed by atoms with E-state index in [1.165, 1.54) is 0 Å². The fourth-order valence-corrected chi connectivity index (χ4v) is 2.68. The Kier molecular flexibility index (Phi) is 4.90. The quantitative estimate of drug-likeness (QED) is 0.438. The van der Waals surface area contributed by atoms with Crippen molar-refractivity contribution in [1.29, 1.82) is 0 Å². The van der Waals surface area contributed by atoms with E-state index in [0.29, 0.717) is 36.1 Å². The minimum Gasteiger partial charge on any atom is -0.455 e. The molecule has 0 aromatic heterocycles. The van der Waals surface area contributed by atoms with Gasteiger partial charge >= 0.3 is 0 Å². The highest BCUT2D eigenvalue weighted by Crippen LogP contribution is 2.38. The van der Waals surface area contributed by atoms with Gasteiger partial charge in [0.2, 0.25) is 0 Å². The molecule has 0 aliphatic rings. The highest BCUT2D eigenvalue weighted by atomic mass is 79.9. The molecule has 0 unspecified atom stereocenters. The molecule has 0 aliphatic carbocycles. The van der Waals surface area contributed by atoms with E-state index in [1.807, 2.05) is 0 Å². The molecule has 2 nitrogen and oxygen atoms in total. The van der Waals surface area contributed by atoms with Crippen LogP contribution < -0.4 is 4.74 Å². The smallest absolute Gasteiger partial charge is 0.150 e. The summed E-state index contributed by atoms with van der Waals surface area (Å²) in [6.45, 7) is 0. The fraction of sp³-hybridized carbons (Fsp3) is 0. The Balaban J connectivity index is 2.36. The molecule has 0 fully saturated rings. The summed E-state index contributed by atoms with van der Waals surface area (Å²) in [5, 5.41) is 0.933. The van der Waals surface area contributed by atoms with Crippen molar-refractivity contribution in [3.8, 4) is 11.5 Å². The third kappa shape index (κ3) is 3.51. The van der Waals surface area contributed by atoms with E-state index in [2.05, 4.69) is 31.9 Å². The lowest BCUT2D eigenvalue weighted by molar-refractivity contribution is 0.112. The minimum atomic E-state index is 0.433. The Morgan fingerprint density at radius 3 is 2.32 bits per heavy atom. The molecule has 0 N–H and O–H groups in total. The topological polar surface area (TPSA) is 26.3 Å². The second-order valence-corrected chi connectivity index (χ2v) is 6.13. The van der Waals surface area contributed by atoms with Crippen LogP contribution >= 0.6 is 55.1 Å². The molecule has 2 aromatic rings. The number of benzene rings is 2. The maximum atomic E-state index is 10.7. The van der Waals surface area contributed by atoms with Crippen LogP contribution in [-0.2, 0) is 0 Å². The molecule has 0 bridgehead atoms. The Labute approximate surface area is 136 Å². The van der Waals surface area contributed by atoms with Gasteiger partial charge in [0.25, 0.3) is 0 Å². The standard InChI is InChI=1S/C13H6Br2Cl2O2/c14-8-4-11(17)13(5-10(8)16)19-12-2-1-7(6-18)3-9(12)15/h1-6H. The summed E-state index contributed by atoms with van der Waals surface area (Å²) < 4.78 is 7.03. The average Bonchev–Trinajstić information content (AvgIpc) is 2.38. The van der Waals surface area contributed by atoms with Gasteiger partial charge in [0.05, 0.1) is 14.5 Å². The number of carbonyl (C=O) groups excluding carboxylic acids is 1. The maximum absolute atomic E-state index is 10.7. The maximum Gasteiger partial charge on any atom is 0.150 e. The first kappa shape index (κ1) is 14.9. The monoisotopic (exact) mass is 422 g/mol. The van der Waals surface area contributed by atoms with Crippen LogP contribution in [0.25, 0.3) is 0 Å². The number of ether oxygens (including phenoxy) is 1. The van der Waals surface area contributed by atoms with Crippen molar-refractivity contribution < 1.29 is 9.53 Å². The van der Waals surface area contributed by atoms with Crippen molar-refractivity contribution in [1.82, 2.24) is 0 Å². The second-order valence-electron chi connectivity index (χ2n) is 3.61. The highest BCUT2D eigenvalue weighted by molar-refractivity contribution is 9.10. The first-order valence-electron chi connectivity index (χ1n) is 5.08. The number of hydrogen-bond acceptors (Lipinski definition) is 2. The Bertz CT molecular complexity index is 645. The molecule has 0 heterocycles. The van der Waals surface area contributed by atoms with Crippen LogP contribution in [0.5, 0.6) is 11.5 Å². The van der Waals surface area contributed by atoms with Gasteiger partial charge in [-0.05, 0) is 56.1 Å². The van der Waals surface area contributed by atoms with Crippen LogP contribution in [0.1, 0.15) is 10.4 Å². The van der Waals surface area contributed by atoms with Gasteiger partial charge in [-0.3, -0.25) is 4.79 Å². The van der Waals surface area contributed by atoms with Crippen molar-refractivity contribution in [2.24, 2.45) is 0 Å². The molecular formula is C13H6Br2Cl2O2. The van der Waals surface area contributed by atoms with Crippen molar-refractivity contribution in [3.05, 3.63) is 54.9 Å². The van der Waals surface area contributed by atoms with Gasteiger partial charge in [-0.1, -0.05) is 23.2 Å². The van der Waals surface area contributed by atoms with Gasteiger partial charge in [0.1, 0.15) is 17.8 Å². The van der Waals surface area contributed by atoms with Gasteiger partial charge in [-0.15, -0.1) is 0 Å². The summed E-state index contributed by atoms with van der Waals surface area (Å²) in [6.07, 6.45) is 0.762. The molecule has 0 spiro atoms. The predicted molar refractivity (Wildman–Crippen MR) is 83.8 cm³/mol. The van der Waals surface area contributed by atoms with Crippen LogP contribution in [0.4, 0.5) is 0 Å². The van der Waals surface area contributed by atoms with E-state index in [-0.39, 0.29) is 0 Å². The Hall–Kier alpha value is -0.550. The SMILES string of the molecule is O=Cc1ccc(Oc2cc(Cl)c(Br)cc2Cl)c(Br)c1. The molecule has 0 radical (unpaired) electrons. The van der Waals surface area contributed by atoms with E-state index >= 15 is 0 Å². The molecular weight excluding hydrogens is 419 g/mol. The number of rotatable bonds is 3. The van der Waals surface area contributed by atoms with Gasteiger partial charge < -0.3 is 4.74 Å². The molecule has 0 aliphatic heterocycles. The molecule has 2 rings (SSSR count). The van der Waals surface area contributed by atoms with Crippen LogP contribution in [-0.4, -0.2) is 6.29 Å². The molecule has 0 saturated heterocycles. The molecule has 98 valence electrons. The predicted octanol–water partition coefficient (Wildman–Crippen LogP) is 6.12. The number of halogens is 4. The fourth-order valence-electron chi connectivity index (χ4n) is 1.37. The first-order chi connectivity index (χ1) is 9.01. The first-order valence-corrected chi connectivity index (χ1v) is 7.42. The lowest BCUT2D eigenvalue weighted by Gasteiger charge is -2.10. The van der Waals surface area contributed by atoms with Crippen molar-refractivity contribution >= 4 is 61.3 Å². The third-order valence-electron chi connectivity index (χ3n) is 2.29. The second kappa shape index (κ2) is 6.27. The summed E-state index contributed by atoms with van der Waals surface area (Å²) in [4.78, 5) is 10.7. The molecule has 6 heteroatoms. The van der Waals surface area contributed by atoms with E-state index in [9.17, 15) is 4.79 Å². The lowest BCUT2D eigenvalue weighted by atomic mass is 10.2. The molecule has 0 amide bonds. The molecule has 2 aromatic carbocycles. The molecule has 0 atom stereocenters. The summed E-state index contributed by atoms with van der Waals surface area (Å²) in [5.74, 6) is 0.986. The Morgan fingerprint density at radius 2 is 1.68 bits per heavy atom. The van der Waals surface area contributed by atoms with Gasteiger partial charge in [-0.25, -0.2) is 0 Å². The lowest BCUT2D eigenvalue weighted by Crippen LogP contribution is -1.89. The van der Waals surface area contributed by atoms with Crippen LogP contribution in [0.3, 0.4) is 0 Å². The number of carbonyl (C=O) groups is 1. The minimum absolute atomic E-state index is 0.433. The highest BCUT2D eigenvalue weighted by Gasteiger charge is 2.10. The van der Waals surface area contributed by atoms with Gasteiger partial charge in [0, 0.05) is 16.1 Å².